The van der Waals surface area contributed by atoms with Gasteiger partial charge in [0, 0.05) is 6.42 Å². The molecule has 0 aliphatic rings. The van der Waals surface area contributed by atoms with E-state index in [0.29, 0.717) is 24.4 Å². The molecule has 0 unspecified atom stereocenters. The van der Waals surface area contributed by atoms with E-state index in [0.717, 1.165) is 4.68 Å². The molecule has 0 amide bonds. The van der Waals surface area contributed by atoms with Crippen LogP contribution in [0.3, 0.4) is 0 Å². The molecule has 7 heteroatoms. The molecule has 0 atom stereocenters. The predicted molar refractivity (Wildman–Crippen MR) is 52.9 cm³/mol. The zero-order valence-corrected chi connectivity index (χ0v) is 9.25. The first-order chi connectivity index (χ1) is 7.35. The van der Waals surface area contributed by atoms with Crippen LogP contribution in [0, 0.1) is 0 Å². The smallest absolute Gasteiger partial charge is 0.330 e. The van der Waals surface area contributed by atoms with Gasteiger partial charge in [-0.25, -0.2) is 4.68 Å². The van der Waals surface area contributed by atoms with Gasteiger partial charge in [0.05, 0.1) is 11.4 Å². The van der Waals surface area contributed by atoms with Crippen LogP contribution in [0.1, 0.15) is 31.2 Å². The molecule has 0 fully saturated rings. The Balaban J connectivity index is 3.00. The van der Waals surface area contributed by atoms with Crippen molar-refractivity contribution in [3.63, 3.8) is 0 Å². The van der Waals surface area contributed by atoms with Crippen molar-refractivity contribution >= 4 is 0 Å². The number of hydrogen-bond acceptors (Lipinski definition) is 3. The van der Waals surface area contributed by atoms with Gasteiger partial charge in [-0.3, -0.25) is 0 Å². The fourth-order valence-corrected chi connectivity index (χ4v) is 1.59. The van der Waals surface area contributed by atoms with Crippen LogP contribution in [0.2, 0.25) is 0 Å². The van der Waals surface area contributed by atoms with Crippen LogP contribution in [-0.4, -0.2) is 27.7 Å². The molecule has 92 valence electrons. The van der Waals surface area contributed by atoms with Gasteiger partial charge in [-0.15, -0.1) is 5.10 Å². The summed E-state index contributed by atoms with van der Waals surface area (Å²) in [4.78, 5) is 0. The lowest BCUT2D eigenvalue weighted by Gasteiger charge is -2.12. The first-order valence-corrected chi connectivity index (χ1v) is 5.04. The molecule has 4 nitrogen and oxygen atoms in total. The molecule has 0 saturated carbocycles. The molecule has 2 N–H and O–H groups in total. The van der Waals surface area contributed by atoms with Gasteiger partial charge in [-0.05, 0) is 12.5 Å². The summed E-state index contributed by atoms with van der Waals surface area (Å²) < 4.78 is 37.7. The SMILES string of the molecule is CC(C)c1c(CCN)nnn1CC(F)(F)F. The van der Waals surface area contributed by atoms with Gasteiger partial charge >= 0.3 is 6.18 Å². The van der Waals surface area contributed by atoms with Gasteiger partial charge in [0.2, 0.25) is 0 Å². The highest BCUT2D eigenvalue weighted by Gasteiger charge is 2.31. The number of nitrogens with two attached hydrogens (primary N) is 1. The first kappa shape index (κ1) is 13.0. The van der Waals surface area contributed by atoms with E-state index >= 15 is 0 Å². The van der Waals surface area contributed by atoms with Crippen LogP contribution in [0.15, 0.2) is 0 Å². The minimum Gasteiger partial charge on any atom is -0.330 e. The molecule has 16 heavy (non-hydrogen) atoms. The van der Waals surface area contributed by atoms with E-state index in [-0.39, 0.29) is 5.92 Å². The Hall–Kier alpha value is -1.11. The van der Waals surface area contributed by atoms with E-state index < -0.39 is 12.7 Å². The van der Waals surface area contributed by atoms with Gasteiger partial charge in [0.25, 0.3) is 0 Å². The van der Waals surface area contributed by atoms with Crippen molar-refractivity contribution in [2.45, 2.75) is 38.9 Å². The van der Waals surface area contributed by atoms with Gasteiger partial charge < -0.3 is 5.73 Å². The van der Waals surface area contributed by atoms with E-state index in [1.54, 1.807) is 0 Å². The van der Waals surface area contributed by atoms with E-state index in [1.807, 2.05) is 13.8 Å². The molecule has 0 spiro atoms. The third-order valence-corrected chi connectivity index (χ3v) is 2.10. The summed E-state index contributed by atoms with van der Waals surface area (Å²) in [6.45, 7) is 2.87. The summed E-state index contributed by atoms with van der Waals surface area (Å²) in [6.07, 6.45) is -3.83. The number of rotatable bonds is 4. The van der Waals surface area contributed by atoms with Crippen molar-refractivity contribution in [3.05, 3.63) is 11.4 Å². The van der Waals surface area contributed by atoms with Gasteiger partial charge in [0.15, 0.2) is 0 Å². The van der Waals surface area contributed by atoms with Crippen molar-refractivity contribution in [2.75, 3.05) is 6.54 Å². The average molecular weight is 236 g/mol. The van der Waals surface area contributed by atoms with Gasteiger partial charge in [-0.2, -0.15) is 13.2 Å². The van der Waals surface area contributed by atoms with E-state index in [9.17, 15) is 13.2 Å². The summed E-state index contributed by atoms with van der Waals surface area (Å²) in [5.74, 6) is -0.0566. The molecular weight excluding hydrogens is 221 g/mol. The lowest BCUT2D eigenvalue weighted by atomic mass is 10.1. The number of aromatic nitrogens is 3. The molecule has 1 heterocycles. The molecule has 1 aromatic heterocycles. The Morgan fingerprint density at radius 3 is 2.44 bits per heavy atom. The van der Waals surface area contributed by atoms with Gasteiger partial charge in [-0.1, -0.05) is 19.1 Å². The summed E-state index contributed by atoms with van der Waals surface area (Å²) in [5.41, 5.74) is 6.44. The zero-order chi connectivity index (χ0) is 12.3. The molecule has 0 aliphatic heterocycles. The third-order valence-electron chi connectivity index (χ3n) is 2.10. The lowest BCUT2D eigenvalue weighted by molar-refractivity contribution is -0.143. The number of halogens is 3. The Morgan fingerprint density at radius 2 is 2.00 bits per heavy atom. The van der Waals surface area contributed by atoms with Crippen LogP contribution in [-0.2, 0) is 13.0 Å². The highest BCUT2D eigenvalue weighted by atomic mass is 19.4. The number of hydrogen-bond donors (Lipinski definition) is 1. The zero-order valence-electron chi connectivity index (χ0n) is 9.25. The second kappa shape index (κ2) is 4.82. The first-order valence-electron chi connectivity index (χ1n) is 5.04. The third kappa shape index (κ3) is 3.19. The lowest BCUT2D eigenvalue weighted by Crippen LogP contribution is -2.21. The van der Waals surface area contributed by atoms with Crippen molar-refractivity contribution < 1.29 is 13.2 Å². The molecule has 1 aromatic rings. The number of alkyl halides is 3. The van der Waals surface area contributed by atoms with Crippen LogP contribution in [0.4, 0.5) is 13.2 Å². The molecule has 0 radical (unpaired) electrons. The fourth-order valence-electron chi connectivity index (χ4n) is 1.59. The minimum atomic E-state index is -4.28. The van der Waals surface area contributed by atoms with E-state index in [4.69, 9.17) is 5.73 Å². The molecule has 0 saturated heterocycles. The topological polar surface area (TPSA) is 56.7 Å². The normalized spacial score (nSPS) is 12.4. The van der Waals surface area contributed by atoms with Crippen molar-refractivity contribution in [1.82, 2.24) is 15.0 Å². The van der Waals surface area contributed by atoms with Gasteiger partial charge in [0.1, 0.15) is 6.54 Å². The maximum atomic E-state index is 12.3. The maximum Gasteiger partial charge on any atom is 0.408 e. The largest absolute Gasteiger partial charge is 0.408 e. The molecule has 1 rings (SSSR count). The Bertz CT molecular complexity index is 343. The quantitative estimate of drug-likeness (QED) is 0.861. The van der Waals surface area contributed by atoms with Crippen molar-refractivity contribution in [3.8, 4) is 0 Å². The molecule has 0 bridgehead atoms. The highest BCUT2D eigenvalue weighted by Crippen LogP contribution is 2.23. The monoisotopic (exact) mass is 236 g/mol. The summed E-state index contributed by atoms with van der Waals surface area (Å²) in [5, 5.41) is 7.28. The Labute approximate surface area is 91.6 Å². The van der Waals surface area contributed by atoms with E-state index in [2.05, 4.69) is 10.3 Å². The van der Waals surface area contributed by atoms with Crippen LogP contribution in [0.5, 0.6) is 0 Å². The van der Waals surface area contributed by atoms with Crippen molar-refractivity contribution in [1.29, 1.82) is 0 Å². The molecule has 0 aliphatic carbocycles. The molecule has 0 aromatic carbocycles. The van der Waals surface area contributed by atoms with Crippen LogP contribution < -0.4 is 5.73 Å². The fraction of sp³-hybridized carbons (Fsp3) is 0.778. The Kier molecular flexibility index (Phi) is 3.90. The Morgan fingerprint density at radius 1 is 1.38 bits per heavy atom. The van der Waals surface area contributed by atoms with Crippen molar-refractivity contribution in [2.24, 2.45) is 5.73 Å². The summed E-state index contributed by atoms with van der Waals surface area (Å²) in [6, 6.07) is 0. The van der Waals surface area contributed by atoms with E-state index in [1.165, 1.54) is 0 Å². The minimum absolute atomic E-state index is 0.0566. The molecular formula is C9H15F3N4. The van der Waals surface area contributed by atoms with Crippen LogP contribution >= 0.6 is 0 Å². The summed E-state index contributed by atoms with van der Waals surface area (Å²) in [7, 11) is 0. The second-order valence-electron chi connectivity index (χ2n) is 3.89. The standard InChI is InChI=1S/C9H15F3N4/c1-6(2)8-7(3-4-13)14-15-16(8)5-9(10,11)12/h6H,3-5,13H2,1-2H3. The second-order valence-corrected chi connectivity index (χ2v) is 3.89. The number of nitrogens with zero attached hydrogens (tertiary/aromatic N) is 3. The van der Waals surface area contributed by atoms with Crippen LogP contribution in [0.25, 0.3) is 0 Å². The predicted octanol–water partition coefficient (Wildman–Crippen LogP) is 1.46. The average Bonchev–Trinajstić information content (AvgIpc) is 2.45. The highest BCUT2D eigenvalue weighted by molar-refractivity contribution is 5.14. The summed E-state index contributed by atoms with van der Waals surface area (Å²) >= 11 is 0. The maximum absolute atomic E-state index is 12.3.